The largest absolute Gasteiger partial charge is 0.489 e. The maximum Gasteiger partial charge on any atom is 0.304 e. The molecule has 156 valence electrons. The van der Waals surface area contributed by atoms with E-state index in [0.717, 1.165) is 11.1 Å². The molecule has 1 aromatic carbocycles. The number of hydrogen-bond donors (Lipinski definition) is 1. The number of benzene rings is 1. The van der Waals surface area contributed by atoms with Crippen LogP contribution in [-0.2, 0) is 17.9 Å². The van der Waals surface area contributed by atoms with Crippen LogP contribution in [0.15, 0.2) is 42.7 Å². The molecule has 3 aromatic rings. The Morgan fingerprint density at radius 2 is 2.00 bits per heavy atom. The van der Waals surface area contributed by atoms with Crippen molar-refractivity contribution in [3.63, 3.8) is 0 Å². The van der Waals surface area contributed by atoms with E-state index >= 15 is 0 Å². The minimum Gasteiger partial charge on any atom is -0.489 e. The van der Waals surface area contributed by atoms with Crippen LogP contribution in [0.25, 0.3) is 11.0 Å². The zero-order valence-electron chi connectivity index (χ0n) is 17.4. The molecule has 0 saturated carbocycles. The number of aliphatic carboxylic acids is 1. The number of carboxylic acids is 1. The van der Waals surface area contributed by atoms with Crippen LogP contribution in [0.3, 0.4) is 0 Å². The van der Waals surface area contributed by atoms with Crippen LogP contribution in [0, 0.1) is 23.6 Å². The molecule has 30 heavy (non-hydrogen) atoms. The molecule has 3 rings (SSSR count). The lowest BCUT2D eigenvalue weighted by molar-refractivity contribution is -0.137. The predicted octanol–water partition coefficient (Wildman–Crippen LogP) is 4.99. The summed E-state index contributed by atoms with van der Waals surface area (Å²) in [5.74, 6) is 5.14. The summed E-state index contributed by atoms with van der Waals surface area (Å²) in [7, 11) is 0. The summed E-state index contributed by atoms with van der Waals surface area (Å²) in [5.41, 5.74) is 2.17. The summed E-state index contributed by atoms with van der Waals surface area (Å²) in [6.07, 6.45) is 3.11. The number of nitrogens with zero attached hydrogens (tertiary/aromatic N) is 2. The van der Waals surface area contributed by atoms with Gasteiger partial charge in [0.05, 0.1) is 17.7 Å². The summed E-state index contributed by atoms with van der Waals surface area (Å²) >= 11 is 0. The van der Waals surface area contributed by atoms with Crippen molar-refractivity contribution in [2.45, 2.75) is 46.3 Å². The first kappa shape index (κ1) is 21.4. The number of hydrogen-bond acceptors (Lipinski definition) is 3. The minimum absolute atomic E-state index is 0.0529. The number of ether oxygens (including phenoxy) is 1. The third-order valence-corrected chi connectivity index (χ3v) is 4.73. The second-order valence-corrected chi connectivity index (χ2v) is 7.59. The molecule has 2 aromatic heterocycles. The fraction of sp³-hybridized carbons (Fsp3) is 0.333. The van der Waals surface area contributed by atoms with Crippen molar-refractivity contribution >= 4 is 17.0 Å². The predicted molar refractivity (Wildman–Crippen MR) is 114 cm³/mol. The highest BCUT2D eigenvalue weighted by molar-refractivity contribution is 5.80. The molecule has 1 atom stereocenters. The molecule has 0 aliphatic heterocycles. The fourth-order valence-corrected chi connectivity index (χ4v) is 3.44. The SMILES string of the molecule is CC#C[C@@H](CC(=O)O)c1ccc(OCc2ccnc3c2c(F)cn3CC(C)C)cc1. The molecule has 6 heteroatoms. The van der Waals surface area contributed by atoms with E-state index in [1.165, 1.54) is 6.20 Å². The van der Waals surface area contributed by atoms with Crippen molar-refractivity contribution in [1.82, 2.24) is 9.55 Å². The van der Waals surface area contributed by atoms with Crippen molar-refractivity contribution in [1.29, 1.82) is 0 Å². The zero-order valence-corrected chi connectivity index (χ0v) is 17.4. The van der Waals surface area contributed by atoms with Crippen LogP contribution < -0.4 is 4.74 Å². The van der Waals surface area contributed by atoms with Gasteiger partial charge in [0.25, 0.3) is 0 Å². The molecular formula is C24H25FN2O3. The molecular weight excluding hydrogens is 383 g/mol. The first-order valence-electron chi connectivity index (χ1n) is 9.88. The zero-order chi connectivity index (χ0) is 21.7. The van der Waals surface area contributed by atoms with Crippen molar-refractivity contribution < 1.29 is 19.0 Å². The van der Waals surface area contributed by atoms with E-state index in [1.54, 1.807) is 31.3 Å². The molecule has 0 aliphatic carbocycles. The Morgan fingerprint density at radius 3 is 2.63 bits per heavy atom. The summed E-state index contributed by atoms with van der Waals surface area (Å²) in [6.45, 7) is 6.74. The Hall–Kier alpha value is -3.33. The molecule has 5 nitrogen and oxygen atoms in total. The first-order valence-corrected chi connectivity index (χ1v) is 9.88. The third kappa shape index (κ3) is 4.98. The lowest BCUT2D eigenvalue weighted by atomic mass is 9.96. The second kappa shape index (κ2) is 9.45. The van der Waals surface area contributed by atoms with E-state index in [0.29, 0.717) is 29.2 Å². The van der Waals surface area contributed by atoms with E-state index in [9.17, 15) is 9.18 Å². The van der Waals surface area contributed by atoms with Gasteiger partial charge in [-0.25, -0.2) is 9.37 Å². The topological polar surface area (TPSA) is 64.3 Å². The molecule has 0 bridgehead atoms. The summed E-state index contributed by atoms with van der Waals surface area (Å²) in [5, 5.41) is 9.55. The van der Waals surface area contributed by atoms with Gasteiger partial charge >= 0.3 is 5.97 Å². The lowest BCUT2D eigenvalue weighted by Crippen LogP contribution is -2.05. The number of carboxylic acid groups (broad SMARTS) is 1. The smallest absolute Gasteiger partial charge is 0.304 e. The molecule has 2 heterocycles. The Balaban J connectivity index is 1.77. The normalized spacial score (nSPS) is 11.9. The van der Waals surface area contributed by atoms with Gasteiger partial charge in [-0.15, -0.1) is 5.92 Å². The first-order chi connectivity index (χ1) is 14.4. The van der Waals surface area contributed by atoms with E-state index in [4.69, 9.17) is 9.84 Å². The van der Waals surface area contributed by atoms with E-state index in [-0.39, 0.29) is 24.8 Å². The van der Waals surface area contributed by atoms with Gasteiger partial charge in [-0.1, -0.05) is 31.9 Å². The molecule has 0 amide bonds. The van der Waals surface area contributed by atoms with Crippen molar-refractivity contribution in [3.8, 4) is 17.6 Å². The number of carbonyl (C=O) groups is 1. The summed E-state index contributed by atoms with van der Waals surface area (Å²) < 4.78 is 22.3. The molecule has 0 spiro atoms. The van der Waals surface area contributed by atoms with Crippen LogP contribution in [0.5, 0.6) is 5.75 Å². The highest BCUT2D eigenvalue weighted by Gasteiger charge is 2.16. The van der Waals surface area contributed by atoms with Crippen LogP contribution in [0.1, 0.15) is 44.2 Å². The maximum atomic E-state index is 14.6. The van der Waals surface area contributed by atoms with Gasteiger partial charge in [-0.2, -0.15) is 0 Å². The van der Waals surface area contributed by atoms with Crippen molar-refractivity contribution in [3.05, 3.63) is 59.7 Å². The van der Waals surface area contributed by atoms with Crippen molar-refractivity contribution in [2.24, 2.45) is 5.92 Å². The van der Waals surface area contributed by atoms with Gasteiger partial charge in [-0.05, 0) is 36.6 Å². The Labute approximate surface area is 175 Å². The van der Waals surface area contributed by atoms with Gasteiger partial charge in [0.1, 0.15) is 18.0 Å². The van der Waals surface area contributed by atoms with Crippen LogP contribution in [0.2, 0.25) is 0 Å². The van der Waals surface area contributed by atoms with Crippen molar-refractivity contribution in [2.75, 3.05) is 0 Å². The van der Waals surface area contributed by atoms with E-state index in [2.05, 4.69) is 30.7 Å². The van der Waals surface area contributed by atoms with E-state index in [1.807, 2.05) is 16.7 Å². The fourth-order valence-electron chi connectivity index (χ4n) is 3.44. The summed E-state index contributed by atoms with van der Waals surface area (Å²) in [6, 6.07) is 8.95. The van der Waals surface area contributed by atoms with Crippen LogP contribution in [0.4, 0.5) is 4.39 Å². The molecule has 0 fully saturated rings. The van der Waals surface area contributed by atoms with Crippen LogP contribution >= 0.6 is 0 Å². The lowest BCUT2D eigenvalue weighted by Gasteiger charge is -2.11. The second-order valence-electron chi connectivity index (χ2n) is 7.59. The average Bonchev–Trinajstić information content (AvgIpc) is 3.01. The summed E-state index contributed by atoms with van der Waals surface area (Å²) in [4.78, 5) is 15.4. The molecule has 0 saturated heterocycles. The minimum atomic E-state index is -0.892. The highest BCUT2D eigenvalue weighted by Crippen LogP contribution is 2.26. The Morgan fingerprint density at radius 1 is 1.27 bits per heavy atom. The Bertz CT molecular complexity index is 1090. The van der Waals surface area contributed by atoms with E-state index < -0.39 is 5.97 Å². The monoisotopic (exact) mass is 408 g/mol. The molecule has 0 aliphatic rings. The third-order valence-electron chi connectivity index (χ3n) is 4.73. The standard InChI is InChI=1S/C24H25FN2O3/c1-4-5-18(12-22(28)29)17-6-8-20(9-7-17)30-15-19-10-11-26-24-23(19)21(25)14-27(24)13-16(2)3/h6-11,14,16,18H,12-13,15H2,1-3H3,(H,28,29)/t18-/m0/s1. The maximum absolute atomic E-state index is 14.6. The Kier molecular flexibility index (Phi) is 6.73. The van der Waals surface area contributed by atoms with Gasteiger partial charge in [0, 0.05) is 24.5 Å². The number of fused-ring (bicyclic) bond motifs is 1. The molecule has 1 N–H and O–H groups in total. The van der Waals surface area contributed by atoms with Gasteiger partial charge in [-0.3, -0.25) is 4.79 Å². The highest BCUT2D eigenvalue weighted by atomic mass is 19.1. The molecule has 0 unspecified atom stereocenters. The average molecular weight is 408 g/mol. The number of aromatic nitrogens is 2. The van der Waals surface area contributed by atoms with Crippen LogP contribution in [-0.4, -0.2) is 20.6 Å². The quantitative estimate of drug-likeness (QED) is 0.533. The number of halogens is 1. The van der Waals surface area contributed by atoms with Gasteiger partial charge in [0.15, 0.2) is 5.82 Å². The number of pyridine rings is 1. The number of rotatable bonds is 8. The molecule has 0 radical (unpaired) electrons. The van der Waals surface area contributed by atoms with Gasteiger partial charge < -0.3 is 14.4 Å². The van der Waals surface area contributed by atoms with Gasteiger partial charge in [0.2, 0.25) is 0 Å².